The summed E-state index contributed by atoms with van der Waals surface area (Å²) >= 11 is 0. The van der Waals surface area contributed by atoms with Crippen molar-refractivity contribution in [2.45, 2.75) is 32.7 Å². The molecular formula is C18H20N4O3. The maximum atomic E-state index is 11.9. The molecule has 2 heterocycles. The molecule has 0 bridgehead atoms. The lowest BCUT2D eigenvalue weighted by molar-refractivity contribution is 0.447. The van der Waals surface area contributed by atoms with Gasteiger partial charge in [-0.3, -0.25) is 19.8 Å². The number of hydrogen-bond donors (Lipinski definition) is 4. The van der Waals surface area contributed by atoms with Gasteiger partial charge in [-0.15, -0.1) is 0 Å². The van der Waals surface area contributed by atoms with Crippen molar-refractivity contribution in [3.05, 3.63) is 62.4 Å². The smallest absolute Gasteiger partial charge is 0.328 e. The molecule has 1 aromatic carbocycles. The quantitative estimate of drug-likeness (QED) is 0.533. The predicted molar refractivity (Wildman–Crippen MR) is 97.6 cm³/mol. The van der Waals surface area contributed by atoms with Gasteiger partial charge in [0.05, 0.1) is 11.8 Å². The average Bonchev–Trinajstić information content (AvgIpc) is 2.96. The number of rotatable bonds is 5. The monoisotopic (exact) mass is 340 g/mol. The summed E-state index contributed by atoms with van der Waals surface area (Å²) in [6, 6.07) is 8.00. The number of hydrogen-bond acceptors (Lipinski definition) is 4. The summed E-state index contributed by atoms with van der Waals surface area (Å²) < 4.78 is 0. The second kappa shape index (κ2) is 6.80. The van der Waals surface area contributed by atoms with E-state index in [0.717, 1.165) is 22.9 Å². The average molecular weight is 340 g/mol. The van der Waals surface area contributed by atoms with Crippen molar-refractivity contribution < 1.29 is 5.11 Å². The van der Waals surface area contributed by atoms with Gasteiger partial charge in [0.25, 0.3) is 5.56 Å². The number of H-pyrrole nitrogens is 3. The topological polar surface area (TPSA) is 114 Å². The molecular weight excluding hydrogens is 320 g/mol. The van der Waals surface area contributed by atoms with Crippen molar-refractivity contribution >= 4 is 16.6 Å². The number of aliphatic imine (C=N–C) groups is 1. The molecule has 0 saturated carbocycles. The first-order chi connectivity index (χ1) is 12.0. The molecule has 7 heteroatoms. The van der Waals surface area contributed by atoms with Gasteiger partial charge in [-0.05, 0) is 31.4 Å². The Morgan fingerprint density at radius 1 is 1.24 bits per heavy atom. The van der Waals surface area contributed by atoms with Crippen LogP contribution in [0.1, 0.15) is 31.4 Å². The molecule has 25 heavy (non-hydrogen) atoms. The highest BCUT2D eigenvalue weighted by molar-refractivity contribution is 6.00. The molecule has 0 radical (unpaired) electrons. The van der Waals surface area contributed by atoms with Crippen molar-refractivity contribution in [1.29, 1.82) is 0 Å². The molecule has 130 valence electrons. The number of fused-ring (bicyclic) bond motifs is 1. The van der Waals surface area contributed by atoms with E-state index in [1.807, 2.05) is 31.3 Å². The maximum Gasteiger partial charge on any atom is 0.328 e. The van der Waals surface area contributed by atoms with Gasteiger partial charge in [-0.1, -0.05) is 25.1 Å². The molecule has 1 atom stereocenters. The largest absolute Gasteiger partial charge is 0.494 e. The van der Waals surface area contributed by atoms with Crippen LogP contribution in [0.5, 0.6) is 5.88 Å². The summed E-state index contributed by atoms with van der Waals surface area (Å²) in [5, 5.41) is 11.0. The minimum atomic E-state index is -0.745. The van der Waals surface area contributed by atoms with Gasteiger partial charge in [0.1, 0.15) is 5.56 Å². The first-order valence-corrected chi connectivity index (χ1v) is 8.15. The molecule has 0 amide bonds. The summed E-state index contributed by atoms with van der Waals surface area (Å²) in [4.78, 5) is 35.3. The Bertz CT molecular complexity index is 1040. The van der Waals surface area contributed by atoms with Gasteiger partial charge in [0.2, 0.25) is 5.88 Å². The van der Waals surface area contributed by atoms with Gasteiger partial charge in [0, 0.05) is 17.1 Å². The minimum absolute atomic E-state index is 0.00280. The van der Waals surface area contributed by atoms with Crippen LogP contribution in [0.15, 0.2) is 45.0 Å². The predicted octanol–water partition coefficient (Wildman–Crippen LogP) is 2.08. The molecule has 0 fully saturated rings. The van der Waals surface area contributed by atoms with E-state index in [1.54, 1.807) is 6.92 Å². The standard InChI is InChI=1S/C18H20N4O3/c1-3-12(8-11-9-19-14-7-5-4-6-13(11)14)20-10(2)15-16(23)21-18(25)22-17(15)24/h4-7,9,12,19H,3,8H2,1-2H3,(H3,21,22,23,24,25). The van der Waals surface area contributed by atoms with Crippen LogP contribution in [-0.4, -0.2) is 31.8 Å². The van der Waals surface area contributed by atoms with E-state index in [4.69, 9.17) is 0 Å². The fraction of sp³-hybridized carbons (Fsp3) is 0.278. The number of aromatic nitrogens is 3. The molecule has 3 rings (SSSR count). The Morgan fingerprint density at radius 2 is 2.00 bits per heavy atom. The van der Waals surface area contributed by atoms with Crippen molar-refractivity contribution in [3.63, 3.8) is 0 Å². The normalized spacial score (nSPS) is 13.3. The minimum Gasteiger partial charge on any atom is -0.494 e. The Labute approximate surface area is 143 Å². The molecule has 2 aromatic heterocycles. The van der Waals surface area contributed by atoms with Crippen LogP contribution in [0.2, 0.25) is 0 Å². The van der Waals surface area contributed by atoms with Gasteiger partial charge in [-0.25, -0.2) is 4.79 Å². The lowest BCUT2D eigenvalue weighted by atomic mass is 10.0. The lowest BCUT2D eigenvalue weighted by Gasteiger charge is -2.12. The third kappa shape index (κ3) is 3.40. The van der Waals surface area contributed by atoms with Crippen LogP contribution >= 0.6 is 0 Å². The van der Waals surface area contributed by atoms with Crippen LogP contribution in [0.4, 0.5) is 0 Å². The Kier molecular flexibility index (Phi) is 4.56. The third-order valence-corrected chi connectivity index (χ3v) is 4.26. The van der Waals surface area contributed by atoms with Crippen LogP contribution < -0.4 is 11.2 Å². The number of nitrogens with one attached hydrogen (secondary N) is 3. The van der Waals surface area contributed by atoms with Crippen molar-refractivity contribution in [1.82, 2.24) is 15.0 Å². The highest BCUT2D eigenvalue weighted by atomic mass is 16.3. The molecule has 0 aliphatic rings. The van der Waals surface area contributed by atoms with E-state index in [2.05, 4.69) is 26.0 Å². The molecule has 4 N–H and O–H groups in total. The summed E-state index contributed by atoms with van der Waals surface area (Å²) in [6.45, 7) is 3.67. The van der Waals surface area contributed by atoms with Crippen molar-refractivity contribution in [2.75, 3.05) is 0 Å². The fourth-order valence-corrected chi connectivity index (χ4v) is 2.98. The molecule has 0 aliphatic carbocycles. The van der Waals surface area contributed by atoms with Crippen LogP contribution in [0, 0.1) is 0 Å². The molecule has 0 aliphatic heterocycles. The molecule has 1 unspecified atom stereocenters. The van der Waals surface area contributed by atoms with E-state index in [1.165, 1.54) is 0 Å². The zero-order valence-electron chi connectivity index (χ0n) is 14.1. The number of benzene rings is 1. The molecule has 0 spiro atoms. The highest BCUT2D eigenvalue weighted by Crippen LogP contribution is 2.21. The Morgan fingerprint density at radius 3 is 2.72 bits per heavy atom. The zero-order valence-corrected chi connectivity index (χ0v) is 14.1. The number of aromatic amines is 3. The zero-order chi connectivity index (χ0) is 18.0. The fourth-order valence-electron chi connectivity index (χ4n) is 2.98. The summed E-state index contributed by atoms with van der Waals surface area (Å²) in [5.41, 5.74) is 1.22. The number of aromatic hydroxyl groups is 1. The maximum absolute atomic E-state index is 11.9. The van der Waals surface area contributed by atoms with Crippen molar-refractivity contribution in [2.24, 2.45) is 4.99 Å². The second-order valence-corrected chi connectivity index (χ2v) is 5.97. The molecule has 0 saturated heterocycles. The van der Waals surface area contributed by atoms with E-state index in [-0.39, 0.29) is 11.6 Å². The van der Waals surface area contributed by atoms with E-state index in [9.17, 15) is 14.7 Å². The number of para-hydroxylation sites is 1. The van der Waals surface area contributed by atoms with Gasteiger partial charge in [-0.2, -0.15) is 0 Å². The van der Waals surface area contributed by atoms with Crippen LogP contribution in [0.3, 0.4) is 0 Å². The summed E-state index contributed by atoms with van der Waals surface area (Å²) in [7, 11) is 0. The van der Waals surface area contributed by atoms with Crippen LogP contribution in [-0.2, 0) is 6.42 Å². The van der Waals surface area contributed by atoms with Crippen LogP contribution in [0.25, 0.3) is 10.9 Å². The first-order valence-electron chi connectivity index (χ1n) is 8.15. The summed E-state index contributed by atoms with van der Waals surface area (Å²) in [6.07, 6.45) is 3.46. The van der Waals surface area contributed by atoms with Crippen molar-refractivity contribution in [3.8, 4) is 5.88 Å². The highest BCUT2D eigenvalue weighted by Gasteiger charge is 2.15. The van der Waals surface area contributed by atoms with E-state index in [0.29, 0.717) is 12.1 Å². The first kappa shape index (κ1) is 16.8. The summed E-state index contributed by atoms with van der Waals surface area (Å²) in [5.74, 6) is -0.461. The SMILES string of the molecule is CCC(Cc1c[nH]c2ccccc12)N=C(C)c1c(O)[nH]c(=O)[nH]c1=O. The van der Waals surface area contributed by atoms with Gasteiger partial charge < -0.3 is 10.1 Å². The van der Waals surface area contributed by atoms with E-state index < -0.39 is 17.1 Å². The van der Waals surface area contributed by atoms with Gasteiger partial charge >= 0.3 is 5.69 Å². The number of nitrogens with zero attached hydrogens (tertiary/aromatic N) is 1. The Hall–Kier alpha value is -3.09. The lowest BCUT2D eigenvalue weighted by Crippen LogP contribution is -2.27. The van der Waals surface area contributed by atoms with E-state index >= 15 is 0 Å². The van der Waals surface area contributed by atoms with Gasteiger partial charge in [0.15, 0.2) is 0 Å². The Balaban J connectivity index is 1.92. The molecule has 7 nitrogen and oxygen atoms in total. The molecule has 3 aromatic rings. The third-order valence-electron chi connectivity index (χ3n) is 4.26. The second-order valence-electron chi connectivity index (χ2n) is 5.97.